The minimum absolute atomic E-state index is 0.0346. The van der Waals surface area contributed by atoms with Crippen molar-refractivity contribution in [1.29, 1.82) is 0 Å². The van der Waals surface area contributed by atoms with E-state index in [0.29, 0.717) is 19.5 Å². The molecule has 1 saturated heterocycles. The topological polar surface area (TPSA) is 65.9 Å². The number of rotatable bonds is 1. The number of hydrogen-bond donors (Lipinski definition) is 1. The second-order valence-corrected chi connectivity index (χ2v) is 8.01. The Balaban J connectivity index is 1.83. The molecule has 25 heavy (non-hydrogen) atoms. The van der Waals surface area contributed by atoms with Crippen LogP contribution in [-0.2, 0) is 11.2 Å². The van der Waals surface area contributed by atoms with Crippen LogP contribution in [0.25, 0.3) is 0 Å². The van der Waals surface area contributed by atoms with Crippen LogP contribution in [0.3, 0.4) is 0 Å². The highest BCUT2D eigenvalue weighted by atomic mass is 19.1. The summed E-state index contributed by atoms with van der Waals surface area (Å²) in [6.45, 7) is 10.1. The summed E-state index contributed by atoms with van der Waals surface area (Å²) in [4.78, 5) is 20.6. The Morgan fingerprint density at radius 1 is 1.44 bits per heavy atom. The molecule has 6 nitrogen and oxygen atoms in total. The molecule has 1 aromatic rings. The Kier molecular flexibility index (Phi) is 4.39. The van der Waals surface area contributed by atoms with Gasteiger partial charge in [0, 0.05) is 19.1 Å². The van der Waals surface area contributed by atoms with Crippen molar-refractivity contribution in [1.82, 2.24) is 9.88 Å². The predicted octanol–water partition coefficient (Wildman–Crippen LogP) is 2.64. The van der Waals surface area contributed by atoms with E-state index in [-0.39, 0.29) is 23.9 Å². The van der Waals surface area contributed by atoms with E-state index in [4.69, 9.17) is 4.74 Å². The van der Waals surface area contributed by atoms with E-state index < -0.39 is 17.5 Å². The van der Waals surface area contributed by atoms with Crippen LogP contribution in [0.1, 0.15) is 52.0 Å². The summed E-state index contributed by atoms with van der Waals surface area (Å²) in [5.41, 5.74) is 0.360. The summed E-state index contributed by atoms with van der Waals surface area (Å²) < 4.78 is 19.6. The van der Waals surface area contributed by atoms with Gasteiger partial charge >= 0.3 is 6.09 Å². The standard InChI is InChI=1S/C18H26FN3O3/c1-10-8-21(17(24)25-18(3,4)5)9-13-6-12-7-14(19)15(11(2)23)20-16(12)22(10)13/h7,10-11,13,23H,6,8-9H2,1-5H3/t10-,11-,13-/m1/s1. The molecule has 2 aliphatic rings. The summed E-state index contributed by atoms with van der Waals surface area (Å²) in [7, 11) is 0. The minimum Gasteiger partial charge on any atom is -0.444 e. The predicted molar refractivity (Wildman–Crippen MR) is 92.1 cm³/mol. The summed E-state index contributed by atoms with van der Waals surface area (Å²) in [6.07, 6.45) is -0.648. The van der Waals surface area contributed by atoms with E-state index in [1.54, 1.807) is 4.90 Å². The highest BCUT2D eigenvalue weighted by Gasteiger charge is 2.42. The number of carbonyl (C=O) groups excluding carboxylic acids is 1. The zero-order chi connectivity index (χ0) is 18.5. The molecule has 0 unspecified atom stereocenters. The van der Waals surface area contributed by atoms with Crippen molar-refractivity contribution < 1.29 is 19.0 Å². The molecule has 3 heterocycles. The van der Waals surface area contributed by atoms with E-state index in [2.05, 4.69) is 9.88 Å². The first kappa shape index (κ1) is 17.9. The van der Waals surface area contributed by atoms with E-state index in [1.807, 2.05) is 27.7 Å². The van der Waals surface area contributed by atoms with Gasteiger partial charge in [-0.3, -0.25) is 0 Å². The number of piperazine rings is 1. The van der Waals surface area contributed by atoms with Crippen molar-refractivity contribution in [2.45, 2.75) is 64.8 Å². The molecule has 138 valence electrons. The van der Waals surface area contributed by atoms with Crippen molar-refractivity contribution in [3.63, 3.8) is 0 Å². The average molecular weight is 351 g/mol. The molecule has 0 aromatic carbocycles. The number of aliphatic hydroxyl groups excluding tert-OH is 1. The molecule has 7 heteroatoms. The maximum atomic E-state index is 14.1. The maximum absolute atomic E-state index is 14.1. The van der Waals surface area contributed by atoms with Crippen LogP contribution in [-0.4, -0.2) is 51.9 Å². The normalized spacial score (nSPS) is 24.0. The molecular formula is C18H26FN3O3. The Hall–Kier alpha value is -1.89. The van der Waals surface area contributed by atoms with Crippen LogP contribution < -0.4 is 4.90 Å². The number of ether oxygens (including phenoxy) is 1. The Bertz CT molecular complexity index is 687. The largest absolute Gasteiger partial charge is 0.444 e. The lowest BCUT2D eigenvalue weighted by atomic mass is 10.1. The number of carbonyl (C=O) groups is 1. The second kappa shape index (κ2) is 6.12. The number of aliphatic hydroxyl groups is 1. The van der Waals surface area contributed by atoms with Crippen LogP contribution in [0.2, 0.25) is 0 Å². The molecule has 0 spiro atoms. The van der Waals surface area contributed by atoms with Gasteiger partial charge in [-0.1, -0.05) is 0 Å². The lowest BCUT2D eigenvalue weighted by Gasteiger charge is -2.43. The third-order valence-corrected chi connectivity index (χ3v) is 4.59. The number of anilines is 1. The van der Waals surface area contributed by atoms with Gasteiger partial charge < -0.3 is 19.6 Å². The fourth-order valence-corrected chi connectivity index (χ4v) is 3.66. The minimum atomic E-state index is -0.956. The monoisotopic (exact) mass is 351 g/mol. The SMILES string of the molecule is C[C@@H]1CN(C(=O)OC(C)(C)C)C[C@H]2Cc3cc(F)c([C@@H](C)O)nc3N21. The van der Waals surface area contributed by atoms with Crippen molar-refractivity contribution in [3.05, 3.63) is 23.1 Å². The smallest absolute Gasteiger partial charge is 0.410 e. The lowest BCUT2D eigenvalue weighted by Crippen LogP contribution is -2.58. The summed E-state index contributed by atoms with van der Waals surface area (Å²) in [5, 5.41) is 9.73. The first-order valence-electron chi connectivity index (χ1n) is 8.70. The Labute approximate surface area is 147 Å². The van der Waals surface area contributed by atoms with Crippen LogP contribution in [0, 0.1) is 5.82 Å². The molecule has 1 N–H and O–H groups in total. The third kappa shape index (κ3) is 3.42. The van der Waals surface area contributed by atoms with Gasteiger partial charge in [0.05, 0.1) is 12.1 Å². The first-order valence-corrected chi connectivity index (χ1v) is 8.70. The summed E-state index contributed by atoms with van der Waals surface area (Å²) in [5.74, 6) is 0.240. The fourth-order valence-electron chi connectivity index (χ4n) is 3.66. The molecule has 0 saturated carbocycles. The van der Waals surface area contributed by atoms with E-state index in [1.165, 1.54) is 13.0 Å². The zero-order valence-electron chi connectivity index (χ0n) is 15.4. The van der Waals surface area contributed by atoms with Gasteiger partial charge in [-0.2, -0.15) is 0 Å². The van der Waals surface area contributed by atoms with E-state index in [9.17, 15) is 14.3 Å². The van der Waals surface area contributed by atoms with Gasteiger partial charge in [0.1, 0.15) is 22.9 Å². The number of aromatic nitrogens is 1. The van der Waals surface area contributed by atoms with Crippen LogP contribution >= 0.6 is 0 Å². The molecule has 1 fully saturated rings. The van der Waals surface area contributed by atoms with Gasteiger partial charge in [-0.05, 0) is 52.7 Å². The molecule has 0 bridgehead atoms. The van der Waals surface area contributed by atoms with Gasteiger partial charge in [0.15, 0.2) is 0 Å². The fraction of sp³-hybridized carbons (Fsp3) is 0.667. The maximum Gasteiger partial charge on any atom is 0.410 e. The van der Waals surface area contributed by atoms with Crippen molar-refractivity contribution in [2.24, 2.45) is 0 Å². The third-order valence-electron chi connectivity index (χ3n) is 4.59. The van der Waals surface area contributed by atoms with Crippen LogP contribution in [0.4, 0.5) is 15.0 Å². The van der Waals surface area contributed by atoms with Crippen LogP contribution in [0.5, 0.6) is 0 Å². The van der Waals surface area contributed by atoms with Crippen molar-refractivity contribution >= 4 is 11.9 Å². The summed E-state index contributed by atoms with van der Waals surface area (Å²) >= 11 is 0. The van der Waals surface area contributed by atoms with E-state index >= 15 is 0 Å². The number of nitrogens with zero attached hydrogens (tertiary/aromatic N) is 3. The average Bonchev–Trinajstić information content (AvgIpc) is 2.81. The van der Waals surface area contributed by atoms with Gasteiger partial charge in [-0.15, -0.1) is 0 Å². The second-order valence-electron chi connectivity index (χ2n) is 8.01. The highest BCUT2D eigenvalue weighted by molar-refractivity contribution is 5.69. The Morgan fingerprint density at radius 3 is 2.72 bits per heavy atom. The van der Waals surface area contributed by atoms with Crippen molar-refractivity contribution in [2.75, 3.05) is 18.0 Å². The lowest BCUT2D eigenvalue weighted by molar-refractivity contribution is 0.0191. The number of amides is 1. The number of hydrogen-bond acceptors (Lipinski definition) is 5. The number of fused-ring (bicyclic) bond motifs is 3. The first-order chi connectivity index (χ1) is 11.6. The number of pyridine rings is 1. The molecule has 1 aromatic heterocycles. The quantitative estimate of drug-likeness (QED) is 0.843. The van der Waals surface area contributed by atoms with Crippen LogP contribution in [0.15, 0.2) is 6.07 Å². The molecular weight excluding hydrogens is 325 g/mol. The molecule has 3 rings (SSSR count). The molecule has 1 amide bonds. The van der Waals surface area contributed by atoms with Gasteiger partial charge in [0.25, 0.3) is 0 Å². The van der Waals surface area contributed by atoms with Gasteiger partial charge in [-0.25, -0.2) is 14.2 Å². The molecule has 0 aliphatic carbocycles. The summed E-state index contributed by atoms with van der Waals surface area (Å²) in [6, 6.07) is 1.54. The number of halogens is 1. The molecule has 3 atom stereocenters. The van der Waals surface area contributed by atoms with E-state index in [0.717, 1.165) is 11.4 Å². The van der Waals surface area contributed by atoms with Gasteiger partial charge in [0.2, 0.25) is 0 Å². The Morgan fingerprint density at radius 2 is 2.12 bits per heavy atom. The molecule has 2 aliphatic heterocycles. The molecule has 0 radical (unpaired) electrons. The zero-order valence-corrected chi connectivity index (χ0v) is 15.4. The highest BCUT2D eigenvalue weighted by Crippen LogP contribution is 2.37. The van der Waals surface area contributed by atoms with Crippen molar-refractivity contribution in [3.8, 4) is 0 Å².